The summed E-state index contributed by atoms with van der Waals surface area (Å²) in [6.45, 7) is 16.4. The van der Waals surface area contributed by atoms with Gasteiger partial charge in [0.1, 0.15) is 0 Å². The van der Waals surface area contributed by atoms with Gasteiger partial charge in [0.15, 0.2) is 0 Å². The number of rotatable bonds is 10. The van der Waals surface area contributed by atoms with Crippen LogP contribution >= 0.6 is 0 Å². The molecule has 0 atom stereocenters. The summed E-state index contributed by atoms with van der Waals surface area (Å²) in [5.41, 5.74) is -1.91. The van der Waals surface area contributed by atoms with Crippen molar-refractivity contribution in [2.75, 3.05) is 13.1 Å². The Kier molecular flexibility index (Phi) is 21.7. The standard InChI is InChI=1S/C16H31NO4.C3H8.Rb.Re/c1-14(2,12(18)19)8-7-10-17-11-9-15(3,4)16(5,6)13(20)21;1-3-2;;/h17H,7-11H2,1-6H3,(H,18,19)(H,20,21);3H2,1-2H3;;/q;;+1;/p-1. The minimum atomic E-state index is -1.02. The van der Waals surface area contributed by atoms with Gasteiger partial charge in [-0.15, -0.1) is 0 Å². The SMILES string of the molecule is CC(C)(CCCNCCC(C)(C)C(C)(C)C(=O)O)C(=O)[O-].CCC.[Rb+].[Re]. The first-order chi connectivity index (χ1) is 10.8. The van der Waals surface area contributed by atoms with Crippen molar-refractivity contribution in [3.63, 3.8) is 0 Å². The zero-order valence-electron chi connectivity index (χ0n) is 18.3. The fraction of sp³-hybridized carbons (Fsp3) is 0.895. The smallest absolute Gasteiger partial charge is 0.550 e. The third kappa shape index (κ3) is 13.5. The molecule has 0 aromatic rings. The van der Waals surface area contributed by atoms with Gasteiger partial charge in [0, 0.05) is 31.8 Å². The van der Waals surface area contributed by atoms with E-state index in [1.807, 2.05) is 13.8 Å². The minimum absolute atomic E-state index is 0. The van der Waals surface area contributed by atoms with Crippen molar-refractivity contribution >= 4 is 11.9 Å². The molecule has 0 saturated carbocycles. The molecule has 151 valence electrons. The Bertz CT molecular complexity index is 399. The van der Waals surface area contributed by atoms with Crippen LogP contribution in [0.15, 0.2) is 0 Å². The van der Waals surface area contributed by atoms with Crippen LogP contribution in [0.4, 0.5) is 0 Å². The molecule has 0 aromatic heterocycles. The quantitative estimate of drug-likeness (QED) is 0.340. The Labute approximate surface area is 223 Å². The Morgan fingerprint density at radius 1 is 0.962 bits per heavy atom. The van der Waals surface area contributed by atoms with E-state index in [1.165, 1.54) is 6.42 Å². The van der Waals surface area contributed by atoms with Gasteiger partial charge in [-0.05, 0) is 51.6 Å². The number of aliphatic carboxylic acids is 2. The van der Waals surface area contributed by atoms with Crippen molar-refractivity contribution in [3.05, 3.63) is 0 Å². The average molecular weight is 616 g/mol. The monoisotopic (exact) mass is 616 g/mol. The number of carboxylic acids is 2. The first-order valence-electron chi connectivity index (χ1n) is 8.91. The van der Waals surface area contributed by atoms with Gasteiger partial charge in [-0.3, -0.25) is 4.79 Å². The average Bonchev–Trinajstić information content (AvgIpc) is 2.42. The summed E-state index contributed by atoms with van der Waals surface area (Å²) in [5, 5.41) is 23.4. The molecule has 1 radical (unpaired) electrons. The molecule has 7 heteroatoms. The second kappa shape index (κ2) is 16.2. The third-order valence-corrected chi connectivity index (χ3v) is 4.86. The van der Waals surface area contributed by atoms with E-state index in [-0.39, 0.29) is 84.0 Å². The number of hydrogen-bond donors (Lipinski definition) is 2. The molecule has 0 bridgehead atoms. The molecule has 0 spiro atoms. The molecule has 0 fully saturated rings. The minimum Gasteiger partial charge on any atom is -0.550 e. The molecular formula is C19H38NO4RbRe. The normalized spacial score (nSPS) is 11.4. The van der Waals surface area contributed by atoms with E-state index in [9.17, 15) is 19.8 Å². The fourth-order valence-electron chi connectivity index (χ4n) is 1.89. The van der Waals surface area contributed by atoms with E-state index in [1.54, 1.807) is 27.7 Å². The largest absolute Gasteiger partial charge is 1.00 e. The molecular weight excluding hydrogens is 578 g/mol. The van der Waals surface area contributed by atoms with Crippen LogP contribution in [0.2, 0.25) is 0 Å². The zero-order chi connectivity index (χ0) is 19.6. The van der Waals surface area contributed by atoms with Crippen molar-refractivity contribution in [1.82, 2.24) is 5.32 Å². The number of carbonyl (C=O) groups is 2. The molecule has 0 unspecified atom stereocenters. The molecule has 0 rings (SSSR count). The van der Waals surface area contributed by atoms with Crippen LogP contribution in [0.25, 0.3) is 0 Å². The van der Waals surface area contributed by atoms with E-state index in [0.29, 0.717) is 6.42 Å². The van der Waals surface area contributed by atoms with Crippen molar-refractivity contribution < 1.29 is 98.4 Å². The molecule has 0 amide bonds. The second-order valence-electron chi connectivity index (χ2n) is 8.30. The van der Waals surface area contributed by atoms with Gasteiger partial charge in [0.05, 0.1) is 5.41 Å². The van der Waals surface area contributed by atoms with Gasteiger partial charge >= 0.3 is 64.2 Å². The summed E-state index contributed by atoms with van der Waals surface area (Å²) in [6, 6.07) is 0. The predicted molar refractivity (Wildman–Crippen MR) is 96.7 cm³/mol. The summed E-state index contributed by atoms with van der Waals surface area (Å²) in [6.07, 6.45) is 3.31. The molecule has 0 aliphatic heterocycles. The van der Waals surface area contributed by atoms with E-state index < -0.39 is 22.8 Å². The van der Waals surface area contributed by atoms with Gasteiger partial charge in [-0.2, -0.15) is 0 Å². The Balaban J connectivity index is -0.000000450. The predicted octanol–water partition coefficient (Wildman–Crippen LogP) is 0.0772. The van der Waals surface area contributed by atoms with Crippen LogP contribution < -0.4 is 68.6 Å². The molecule has 5 nitrogen and oxygen atoms in total. The number of nitrogens with one attached hydrogen (secondary N) is 1. The number of carboxylic acid groups (broad SMARTS) is 2. The van der Waals surface area contributed by atoms with Crippen LogP contribution in [0.3, 0.4) is 0 Å². The van der Waals surface area contributed by atoms with Crippen molar-refractivity contribution in [1.29, 1.82) is 0 Å². The summed E-state index contributed by atoms with van der Waals surface area (Å²) >= 11 is 0. The summed E-state index contributed by atoms with van der Waals surface area (Å²) < 4.78 is 0. The maximum atomic E-state index is 11.3. The maximum absolute atomic E-state index is 11.3. The van der Waals surface area contributed by atoms with Gasteiger partial charge in [0.25, 0.3) is 0 Å². The fourth-order valence-corrected chi connectivity index (χ4v) is 1.89. The molecule has 0 heterocycles. The zero-order valence-corrected chi connectivity index (χ0v) is 25.9. The molecule has 0 aliphatic rings. The topological polar surface area (TPSA) is 89.5 Å². The van der Waals surface area contributed by atoms with Crippen molar-refractivity contribution in [2.45, 2.75) is 81.1 Å². The maximum Gasteiger partial charge on any atom is 1.00 e. The van der Waals surface area contributed by atoms with Crippen molar-refractivity contribution in [3.8, 4) is 0 Å². The van der Waals surface area contributed by atoms with E-state index in [2.05, 4.69) is 19.2 Å². The molecule has 0 saturated heterocycles. The van der Waals surface area contributed by atoms with Gasteiger partial charge in [0.2, 0.25) is 0 Å². The first kappa shape index (κ1) is 34.8. The van der Waals surface area contributed by atoms with Crippen LogP contribution in [-0.2, 0) is 30.0 Å². The van der Waals surface area contributed by atoms with Crippen LogP contribution in [0, 0.1) is 16.2 Å². The van der Waals surface area contributed by atoms with Crippen LogP contribution in [-0.4, -0.2) is 30.1 Å². The summed E-state index contributed by atoms with van der Waals surface area (Å²) in [7, 11) is 0. The number of hydrogen-bond acceptors (Lipinski definition) is 4. The Hall–Kier alpha value is 1.37. The first-order valence-corrected chi connectivity index (χ1v) is 8.91. The molecule has 2 N–H and O–H groups in total. The van der Waals surface area contributed by atoms with E-state index >= 15 is 0 Å². The number of carbonyl (C=O) groups excluding carboxylic acids is 1. The van der Waals surface area contributed by atoms with Gasteiger partial charge in [-0.25, -0.2) is 0 Å². The van der Waals surface area contributed by atoms with E-state index in [4.69, 9.17) is 0 Å². The summed E-state index contributed by atoms with van der Waals surface area (Å²) in [4.78, 5) is 22.2. The molecule has 0 aliphatic carbocycles. The van der Waals surface area contributed by atoms with Gasteiger partial charge < -0.3 is 20.3 Å². The Morgan fingerprint density at radius 3 is 1.73 bits per heavy atom. The van der Waals surface area contributed by atoms with Crippen LogP contribution in [0.1, 0.15) is 81.1 Å². The third-order valence-electron chi connectivity index (χ3n) is 4.86. The molecule has 0 aromatic carbocycles. The van der Waals surface area contributed by atoms with Crippen LogP contribution in [0.5, 0.6) is 0 Å². The second-order valence-corrected chi connectivity index (χ2v) is 8.30. The van der Waals surface area contributed by atoms with Gasteiger partial charge in [-0.1, -0.05) is 48.0 Å². The Morgan fingerprint density at radius 2 is 1.38 bits per heavy atom. The van der Waals surface area contributed by atoms with E-state index in [0.717, 1.165) is 25.9 Å². The van der Waals surface area contributed by atoms with Crippen molar-refractivity contribution in [2.24, 2.45) is 16.2 Å². The molecule has 26 heavy (non-hydrogen) atoms. The summed E-state index contributed by atoms with van der Waals surface area (Å²) in [5.74, 6) is -1.81.